The zero-order chi connectivity index (χ0) is 10.9. The Balaban J connectivity index is 3.38. The molecule has 4 heteroatoms. The van der Waals surface area contributed by atoms with E-state index >= 15 is 0 Å². The fourth-order valence-corrected chi connectivity index (χ4v) is 1.42. The predicted molar refractivity (Wildman–Crippen MR) is 54.4 cm³/mol. The molecule has 1 aromatic rings. The van der Waals surface area contributed by atoms with Gasteiger partial charge in [-0.1, -0.05) is 0 Å². The van der Waals surface area contributed by atoms with E-state index < -0.39 is 11.2 Å². The third-order valence-corrected chi connectivity index (χ3v) is 2.62. The molecule has 0 aliphatic carbocycles. The van der Waals surface area contributed by atoms with Gasteiger partial charge in [-0.25, -0.2) is 4.39 Å². The topological polar surface area (TPSA) is 44.0 Å². The second-order valence-corrected chi connectivity index (χ2v) is 4.37. The fourth-order valence-electron chi connectivity index (χ4n) is 1.08. The molecule has 0 spiro atoms. The molecule has 0 amide bonds. The highest BCUT2D eigenvalue weighted by atomic mass is 79.9. The summed E-state index contributed by atoms with van der Waals surface area (Å²) in [7, 11) is 0. The highest BCUT2D eigenvalue weighted by Gasteiger charge is 2.24. The van der Waals surface area contributed by atoms with Crippen LogP contribution in [-0.4, -0.2) is 5.11 Å². The normalized spacial score (nSPS) is 11.1. The number of phenolic OH excluding ortho intramolecular Hbond substituents is 1. The van der Waals surface area contributed by atoms with Crippen LogP contribution in [-0.2, 0) is 5.41 Å². The van der Waals surface area contributed by atoms with E-state index in [-0.39, 0.29) is 11.3 Å². The van der Waals surface area contributed by atoms with Gasteiger partial charge >= 0.3 is 0 Å². The fraction of sp³-hybridized carbons (Fsp3) is 0.300. The zero-order valence-corrected chi connectivity index (χ0v) is 9.39. The lowest BCUT2D eigenvalue weighted by atomic mass is 9.86. The molecule has 0 saturated carbocycles. The first kappa shape index (κ1) is 11.0. The Kier molecular flexibility index (Phi) is 2.81. The molecule has 74 valence electrons. The van der Waals surface area contributed by atoms with Crippen LogP contribution in [0, 0.1) is 17.1 Å². The summed E-state index contributed by atoms with van der Waals surface area (Å²) in [6.45, 7) is 3.24. The van der Waals surface area contributed by atoms with E-state index in [0.29, 0.717) is 4.47 Å². The van der Waals surface area contributed by atoms with Crippen LogP contribution in [0.2, 0.25) is 0 Å². The van der Waals surface area contributed by atoms with Gasteiger partial charge in [0.2, 0.25) is 0 Å². The van der Waals surface area contributed by atoms with Crippen LogP contribution in [0.15, 0.2) is 16.6 Å². The molecule has 0 bridgehead atoms. The molecule has 1 aromatic carbocycles. The number of benzene rings is 1. The van der Waals surface area contributed by atoms with Crippen LogP contribution in [0.4, 0.5) is 4.39 Å². The molecule has 0 fully saturated rings. The first-order chi connectivity index (χ1) is 6.38. The Morgan fingerprint density at radius 1 is 1.50 bits per heavy atom. The van der Waals surface area contributed by atoms with Crippen LogP contribution < -0.4 is 0 Å². The molecular weight excluding hydrogens is 249 g/mol. The van der Waals surface area contributed by atoms with Crippen molar-refractivity contribution >= 4 is 15.9 Å². The van der Waals surface area contributed by atoms with Crippen LogP contribution in [0.5, 0.6) is 5.75 Å². The Morgan fingerprint density at radius 3 is 2.57 bits per heavy atom. The quantitative estimate of drug-likeness (QED) is 0.841. The number of halogens is 2. The molecule has 14 heavy (non-hydrogen) atoms. The van der Waals surface area contributed by atoms with Gasteiger partial charge in [0.05, 0.1) is 16.0 Å². The van der Waals surface area contributed by atoms with E-state index in [9.17, 15) is 9.50 Å². The summed E-state index contributed by atoms with van der Waals surface area (Å²) in [5.74, 6) is -0.739. The molecule has 0 aliphatic rings. The van der Waals surface area contributed by atoms with Crippen molar-refractivity contribution in [3.05, 3.63) is 28.0 Å². The number of nitriles is 1. The van der Waals surface area contributed by atoms with Crippen LogP contribution in [0.3, 0.4) is 0 Å². The number of aromatic hydroxyl groups is 1. The lowest BCUT2D eigenvalue weighted by molar-refractivity contribution is 0.461. The Morgan fingerprint density at radius 2 is 2.07 bits per heavy atom. The molecule has 0 heterocycles. The highest BCUT2D eigenvalue weighted by Crippen LogP contribution is 2.32. The van der Waals surface area contributed by atoms with Gasteiger partial charge in [0.1, 0.15) is 11.6 Å². The maximum absolute atomic E-state index is 13.4. The number of hydrogen-bond acceptors (Lipinski definition) is 2. The molecule has 0 unspecified atom stereocenters. The van der Waals surface area contributed by atoms with Gasteiger partial charge in [0.25, 0.3) is 0 Å². The molecule has 0 aliphatic heterocycles. The summed E-state index contributed by atoms with van der Waals surface area (Å²) < 4.78 is 13.8. The van der Waals surface area contributed by atoms with Crippen molar-refractivity contribution in [3.8, 4) is 11.8 Å². The number of rotatable bonds is 1. The Bertz CT molecular complexity index is 409. The summed E-state index contributed by atoms with van der Waals surface area (Å²) in [6.07, 6.45) is 0. The molecule has 1 rings (SSSR count). The minimum Gasteiger partial charge on any atom is -0.507 e. The molecule has 1 N–H and O–H groups in total. The maximum atomic E-state index is 13.4. The van der Waals surface area contributed by atoms with Gasteiger partial charge in [-0.2, -0.15) is 5.26 Å². The van der Waals surface area contributed by atoms with E-state index in [1.54, 1.807) is 13.8 Å². The Labute approximate surface area is 90.1 Å². The van der Waals surface area contributed by atoms with E-state index in [2.05, 4.69) is 15.9 Å². The van der Waals surface area contributed by atoms with E-state index in [0.717, 1.165) is 6.07 Å². The van der Waals surface area contributed by atoms with Crippen molar-refractivity contribution in [2.45, 2.75) is 19.3 Å². The molecule has 0 aromatic heterocycles. The first-order valence-electron chi connectivity index (χ1n) is 3.98. The van der Waals surface area contributed by atoms with Gasteiger partial charge in [-0.15, -0.1) is 0 Å². The summed E-state index contributed by atoms with van der Waals surface area (Å²) in [6, 6.07) is 4.43. The zero-order valence-electron chi connectivity index (χ0n) is 7.81. The van der Waals surface area contributed by atoms with Gasteiger partial charge in [-0.05, 0) is 35.8 Å². The summed E-state index contributed by atoms with van der Waals surface area (Å²) >= 11 is 3.08. The van der Waals surface area contributed by atoms with E-state index in [1.165, 1.54) is 6.07 Å². The maximum Gasteiger partial charge on any atom is 0.132 e. The van der Waals surface area contributed by atoms with Crippen molar-refractivity contribution in [2.24, 2.45) is 0 Å². The van der Waals surface area contributed by atoms with E-state index in [4.69, 9.17) is 5.26 Å². The van der Waals surface area contributed by atoms with Crippen LogP contribution >= 0.6 is 15.9 Å². The highest BCUT2D eigenvalue weighted by molar-refractivity contribution is 9.10. The molecule has 0 saturated heterocycles. The molecular formula is C10H9BrFNO. The van der Waals surface area contributed by atoms with Crippen LogP contribution in [0.25, 0.3) is 0 Å². The summed E-state index contributed by atoms with van der Waals surface area (Å²) in [5.41, 5.74) is -0.634. The number of nitrogens with zero attached hydrogens (tertiary/aromatic N) is 1. The predicted octanol–water partition coefficient (Wildman–Crippen LogP) is 3.09. The van der Waals surface area contributed by atoms with Crippen molar-refractivity contribution in [1.82, 2.24) is 0 Å². The lowest BCUT2D eigenvalue weighted by Gasteiger charge is -2.17. The minimum absolute atomic E-state index is 0.167. The third-order valence-electron chi connectivity index (χ3n) is 1.99. The second kappa shape index (κ2) is 3.58. The largest absolute Gasteiger partial charge is 0.507 e. The molecule has 0 radical (unpaired) electrons. The standard InChI is InChI=1S/C10H9BrFNO/c1-10(2,5-13)6-3-7(11)9(14)4-8(6)12/h3-4,14H,1-2H3. The lowest BCUT2D eigenvalue weighted by Crippen LogP contribution is -2.16. The van der Waals surface area contributed by atoms with Crippen molar-refractivity contribution < 1.29 is 9.50 Å². The SMILES string of the molecule is CC(C)(C#N)c1cc(Br)c(O)cc1F. The average Bonchev–Trinajstić information content (AvgIpc) is 2.11. The number of phenols is 1. The summed E-state index contributed by atoms with van der Waals surface area (Å²) in [4.78, 5) is 0. The van der Waals surface area contributed by atoms with Crippen molar-refractivity contribution in [2.75, 3.05) is 0 Å². The Hall–Kier alpha value is -1.08. The van der Waals surface area contributed by atoms with E-state index in [1.807, 2.05) is 6.07 Å². The van der Waals surface area contributed by atoms with Crippen LogP contribution in [0.1, 0.15) is 19.4 Å². The van der Waals surface area contributed by atoms with Crippen molar-refractivity contribution in [1.29, 1.82) is 5.26 Å². The van der Waals surface area contributed by atoms with Gasteiger partial charge in [0.15, 0.2) is 0 Å². The number of hydrogen-bond donors (Lipinski definition) is 1. The molecule has 2 nitrogen and oxygen atoms in total. The van der Waals surface area contributed by atoms with Gasteiger partial charge in [0, 0.05) is 11.6 Å². The third kappa shape index (κ3) is 1.88. The minimum atomic E-state index is -0.902. The smallest absolute Gasteiger partial charge is 0.132 e. The summed E-state index contributed by atoms with van der Waals surface area (Å²) in [5, 5.41) is 18.0. The average molecular weight is 258 g/mol. The molecule has 0 atom stereocenters. The van der Waals surface area contributed by atoms with Crippen molar-refractivity contribution in [3.63, 3.8) is 0 Å². The van der Waals surface area contributed by atoms with Gasteiger partial charge in [-0.3, -0.25) is 0 Å². The first-order valence-corrected chi connectivity index (χ1v) is 4.77. The second-order valence-electron chi connectivity index (χ2n) is 3.52. The van der Waals surface area contributed by atoms with Gasteiger partial charge < -0.3 is 5.11 Å². The monoisotopic (exact) mass is 257 g/mol.